The minimum Gasteiger partial charge on any atom is -0.342 e. The first-order valence-corrected chi connectivity index (χ1v) is 14.6. The van der Waals surface area contributed by atoms with Gasteiger partial charge in [0.2, 0.25) is 11.8 Å². The summed E-state index contributed by atoms with van der Waals surface area (Å²) >= 11 is 5.60. The molecule has 1 saturated heterocycles. The first-order chi connectivity index (χ1) is 20.8. The Labute approximate surface area is 255 Å². The zero-order valence-corrected chi connectivity index (χ0v) is 24.6. The first kappa shape index (κ1) is 29.7. The number of carbonyl (C=O) groups excluding carboxylic acids is 2. The number of amides is 2. The third kappa shape index (κ3) is 7.15. The van der Waals surface area contributed by atoms with Gasteiger partial charge in [0.1, 0.15) is 17.8 Å². The molecule has 43 heavy (non-hydrogen) atoms. The highest BCUT2D eigenvalue weighted by atomic mass is 32.1. The maximum atomic E-state index is 13.8. The van der Waals surface area contributed by atoms with Crippen LogP contribution in [0.3, 0.4) is 0 Å². The summed E-state index contributed by atoms with van der Waals surface area (Å²) in [5.41, 5.74) is 2.08. The number of nitrogens with one attached hydrogen (secondary N) is 2. The van der Waals surface area contributed by atoms with Gasteiger partial charge in [0.15, 0.2) is 5.11 Å². The van der Waals surface area contributed by atoms with Gasteiger partial charge >= 0.3 is 0 Å². The Bertz CT molecular complexity index is 1650. The molecule has 1 aliphatic heterocycles. The van der Waals surface area contributed by atoms with Crippen molar-refractivity contribution in [1.82, 2.24) is 15.1 Å². The number of para-hydroxylation sites is 2. The molecule has 10 heteroatoms. The molecule has 0 unspecified atom stereocenters. The van der Waals surface area contributed by atoms with Gasteiger partial charge in [-0.25, -0.2) is 0 Å². The lowest BCUT2D eigenvalue weighted by molar-refractivity contribution is -0.383. The molecule has 2 N–H and O–H groups in total. The number of nitro groups is 1. The van der Waals surface area contributed by atoms with Crippen LogP contribution in [0.4, 0.5) is 11.4 Å². The molecule has 2 atom stereocenters. The Balaban J connectivity index is 1.35. The van der Waals surface area contributed by atoms with E-state index in [1.165, 1.54) is 6.07 Å². The molecule has 1 aliphatic rings. The molecule has 9 nitrogen and oxygen atoms in total. The number of likely N-dealkylation sites (tertiary alicyclic amines) is 1. The van der Waals surface area contributed by atoms with Crippen LogP contribution in [0, 0.1) is 10.1 Å². The molecule has 0 saturated carbocycles. The van der Waals surface area contributed by atoms with Crippen LogP contribution in [0.2, 0.25) is 0 Å². The average Bonchev–Trinajstić information content (AvgIpc) is 3.52. The second kappa shape index (κ2) is 13.4. The molecule has 220 valence electrons. The van der Waals surface area contributed by atoms with Gasteiger partial charge in [-0.1, -0.05) is 84.9 Å². The molecular formula is C33H33N5O4S. The van der Waals surface area contributed by atoms with Crippen LogP contribution >= 0.6 is 12.2 Å². The normalized spacial score (nSPS) is 15.1. The van der Waals surface area contributed by atoms with Gasteiger partial charge in [0.05, 0.1) is 4.92 Å². The van der Waals surface area contributed by atoms with Crippen molar-refractivity contribution < 1.29 is 14.5 Å². The molecule has 4 aromatic carbocycles. The third-order valence-corrected chi connectivity index (χ3v) is 8.00. The summed E-state index contributed by atoms with van der Waals surface area (Å²) < 4.78 is 0. The van der Waals surface area contributed by atoms with E-state index >= 15 is 0 Å². The van der Waals surface area contributed by atoms with E-state index in [9.17, 15) is 19.7 Å². The highest BCUT2D eigenvalue weighted by Gasteiger charge is 2.35. The smallest absolute Gasteiger partial charge is 0.292 e. The summed E-state index contributed by atoms with van der Waals surface area (Å²) in [5.74, 6) is -0.507. The van der Waals surface area contributed by atoms with Gasteiger partial charge < -0.3 is 20.4 Å². The summed E-state index contributed by atoms with van der Waals surface area (Å²) in [6, 6.07) is 28.6. The zero-order chi connectivity index (χ0) is 30.3. The van der Waals surface area contributed by atoms with E-state index in [1.807, 2.05) is 72.8 Å². The highest BCUT2D eigenvalue weighted by molar-refractivity contribution is 7.80. The lowest BCUT2D eigenvalue weighted by Crippen LogP contribution is -2.54. The van der Waals surface area contributed by atoms with Crippen molar-refractivity contribution in [3.63, 3.8) is 0 Å². The second-order valence-corrected chi connectivity index (χ2v) is 11.1. The number of hydrogen-bond donors (Lipinski definition) is 2. The van der Waals surface area contributed by atoms with Crippen molar-refractivity contribution in [2.75, 3.05) is 18.9 Å². The lowest BCUT2D eigenvalue weighted by Gasteiger charge is -2.30. The van der Waals surface area contributed by atoms with E-state index in [0.29, 0.717) is 32.4 Å². The van der Waals surface area contributed by atoms with Crippen molar-refractivity contribution in [3.05, 3.63) is 118 Å². The molecular weight excluding hydrogens is 562 g/mol. The van der Waals surface area contributed by atoms with Gasteiger partial charge in [-0.3, -0.25) is 19.7 Å². The molecule has 0 aliphatic carbocycles. The summed E-state index contributed by atoms with van der Waals surface area (Å²) in [6.07, 6.45) is 1.58. The molecule has 5 rings (SSSR count). The van der Waals surface area contributed by atoms with Gasteiger partial charge in [-0.2, -0.15) is 0 Å². The number of anilines is 1. The monoisotopic (exact) mass is 595 g/mol. The van der Waals surface area contributed by atoms with Crippen LogP contribution in [0.5, 0.6) is 0 Å². The van der Waals surface area contributed by atoms with Crippen molar-refractivity contribution in [2.24, 2.45) is 0 Å². The molecule has 0 bridgehead atoms. The third-order valence-electron chi connectivity index (χ3n) is 7.67. The average molecular weight is 596 g/mol. The fourth-order valence-electron chi connectivity index (χ4n) is 5.48. The summed E-state index contributed by atoms with van der Waals surface area (Å²) in [7, 11) is 1.74. The van der Waals surface area contributed by atoms with E-state index in [1.54, 1.807) is 35.0 Å². The van der Waals surface area contributed by atoms with Gasteiger partial charge in [-0.15, -0.1) is 0 Å². The number of thiocarbonyl (C=S) groups is 1. The predicted molar refractivity (Wildman–Crippen MR) is 172 cm³/mol. The van der Waals surface area contributed by atoms with Gasteiger partial charge in [0, 0.05) is 32.6 Å². The maximum absolute atomic E-state index is 13.8. The summed E-state index contributed by atoms with van der Waals surface area (Å²) in [6.45, 7) is 0.922. The van der Waals surface area contributed by atoms with E-state index in [4.69, 9.17) is 12.2 Å². The molecule has 4 aromatic rings. The van der Waals surface area contributed by atoms with E-state index in [2.05, 4.69) is 10.6 Å². The fraction of sp³-hybridized carbons (Fsp3) is 0.242. The summed E-state index contributed by atoms with van der Waals surface area (Å²) in [5, 5.41) is 19.9. The SMILES string of the molecule is CN(Cc1ccccc1)C(=O)[C@H](Cc1ccc2ccccc2c1)NC(=O)[C@@H]1CCCN1C(=S)Nc1ccccc1[N+](=O)[O-]. The number of hydrogen-bond acceptors (Lipinski definition) is 5. The number of fused-ring (bicyclic) bond motifs is 1. The highest BCUT2D eigenvalue weighted by Crippen LogP contribution is 2.26. The van der Waals surface area contributed by atoms with Crippen LogP contribution in [0.25, 0.3) is 10.8 Å². The van der Waals surface area contributed by atoms with Crippen LogP contribution in [0.15, 0.2) is 97.1 Å². The van der Waals surface area contributed by atoms with Crippen molar-refractivity contribution in [1.29, 1.82) is 0 Å². The largest absolute Gasteiger partial charge is 0.342 e. The van der Waals surface area contributed by atoms with E-state index in [-0.39, 0.29) is 28.3 Å². The van der Waals surface area contributed by atoms with Crippen molar-refractivity contribution >= 4 is 51.3 Å². The van der Waals surface area contributed by atoms with Crippen LogP contribution in [-0.2, 0) is 22.6 Å². The van der Waals surface area contributed by atoms with Crippen molar-refractivity contribution in [2.45, 2.75) is 37.9 Å². The number of nitro benzene ring substituents is 1. The minimum absolute atomic E-state index is 0.104. The molecule has 0 radical (unpaired) electrons. The Morgan fingerprint density at radius 2 is 1.67 bits per heavy atom. The maximum Gasteiger partial charge on any atom is 0.292 e. The Hall–Kier alpha value is -4.83. The molecule has 1 heterocycles. The Kier molecular flexibility index (Phi) is 9.26. The van der Waals surface area contributed by atoms with Gasteiger partial charge in [-0.05, 0) is 53.0 Å². The zero-order valence-electron chi connectivity index (χ0n) is 23.8. The van der Waals surface area contributed by atoms with Crippen molar-refractivity contribution in [3.8, 4) is 0 Å². The van der Waals surface area contributed by atoms with Crippen LogP contribution in [-0.4, -0.2) is 57.3 Å². The number of nitrogens with zero attached hydrogens (tertiary/aromatic N) is 3. The molecule has 0 spiro atoms. The van der Waals surface area contributed by atoms with Gasteiger partial charge in [0.25, 0.3) is 5.69 Å². The number of rotatable bonds is 9. The van der Waals surface area contributed by atoms with Crippen LogP contribution < -0.4 is 10.6 Å². The molecule has 1 fully saturated rings. The lowest BCUT2D eigenvalue weighted by atomic mass is 10.00. The minimum atomic E-state index is -0.804. The number of likely N-dealkylation sites (N-methyl/N-ethyl adjacent to an activating group) is 1. The topological polar surface area (TPSA) is 108 Å². The van der Waals surface area contributed by atoms with E-state index in [0.717, 1.165) is 21.9 Å². The van der Waals surface area contributed by atoms with Crippen LogP contribution in [0.1, 0.15) is 24.0 Å². The summed E-state index contributed by atoms with van der Waals surface area (Å²) in [4.78, 5) is 42.0. The van der Waals surface area contributed by atoms with E-state index < -0.39 is 17.0 Å². The Morgan fingerprint density at radius 3 is 2.44 bits per heavy atom. The first-order valence-electron chi connectivity index (χ1n) is 14.2. The number of benzene rings is 4. The number of carbonyl (C=O) groups is 2. The Morgan fingerprint density at radius 1 is 0.977 bits per heavy atom. The second-order valence-electron chi connectivity index (χ2n) is 10.7. The fourth-order valence-corrected chi connectivity index (χ4v) is 5.81. The molecule has 2 amide bonds. The molecule has 0 aromatic heterocycles. The predicted octanol–water partition coefficient (Wildman–Crippen LogP) is 5.30. The standard InChI is InChI=1S/C33H33N5O4S/c1-36(22-23-10-3-2-4-11-23)32(40)28(21-24-17-18-25-12-5-6-13-26(25)20-24)34-31(39)30-16-9-19-37(30)33(43)35-27-14-7-8-15-29(27)38(41)42/h2-8,10-15,17-18,20,28,30H,9,16,19,21-22H2,1H3,(H,34,39)(H,35,43)/t28-,30-/m0/s1. The quantitative estimate of drug-likeness (QED) is 0.154.